The number of aryl methyl sites for hydroxylation is 1. The minimum absolute atomic E-state index is 0.0213. The SMILES string of the molecule is Oc1ccc2[nH]c3c(c2c1)[C@@H]1c2ccccc2[C@]1(O)CC3. The number of aliphatic hydroxyl groups is 1. The molecule has 2 aliphatic rings. The number of aromatic hydroxyl groups is 1. The van der Waals surface area contributed by atoms with E-state index in [1.165, 1.54) is 11.3 Å². The summed E-state index contributed by atoms with van der Waals surface area (Å²) < 4.78 is 0. The Hall–Kier alpha value is -2.26. The van der Waals surface area contributed by atoms with Crippen molar-refractivity contribution in [2.24, 2.45) is 0 Å². The number of phenolic OH excluding ortho intramolecular Hbond substituents is 1. The molecule has 0 amide bonds. The highest BCUT2D eigenvalue weighted by Crippen LogP contribution is 2.60. The van der Waals surface area contributed by atoms with Crippen LogP contribution in [-0.2, 0) is 12.0 Å². The fourth-order valence-corrected chi connectivity index (χ4v) is 4.25. The summed E-state index contributed by atoms with van der Waals surface area (Å²) in [4.78, 5) is 3.45. The first-order valence-electron chi connectivity index (χ1n) is 7.34. The minimum atomic E-state index is -0.746. The summed E-state index contributed by atoms with van der Waals surface area (Å²) in [6, 6.07) is 13.6. The van der Waals surface area contributed by atoms with Gasteiger partial charge in [0.05, 0.1) is 0 Å². The van der Waals surface area contributed by atoms with Gasteiger partial charge in [-0.3, -0.25) is 0 Å². The molecule has 0 saturated carbocycles. The Morgan fingerprint density at radius 3 is 2.90 bits per heavy atom. The van der Waals surface area contributed by atoms with Gasteiger partial charge in [0.25, 0.3) is 0 Å². The summed E-state index contributed by atoms with van der Waals surface area (Å²) in [5.41, 5.74) is 4.92. The number of hydrogen-bond donors (Lipinski definition) is 3. The quantitative estimate of drug-likeness (QED) is 0.591. The van der Waals surface area contributed by atoms with E-state index in [9.17, 15) is 10.2 Å². The van der Waals surface area contributed by atoms with Crippen LogP contribution < -0.4 is 0 Å². The molecule has 3 heteroatoms. The fourth-order valence-electron chi connectivity index (χ4n) is 4.25. The number of fused-ring (bicyclic) bond motifs is 8. The lowest BCUT2D eigenvalue weighted by Gasteiger charge is -2.50. The van der Waals surface area contributed by atoms with E-state index in [1.807, 2.05) is 24.3 Å². The predicted molar refractivity (Wildman–Crippen MR) is 80.5 cm³/mol. The lowest BCUT2D eigenvalue weighted by atomic mass is 9.57. The predicted octanol–water partition coefficient (Wildman–Crippen LogP) is 3.15. The van der Waals surface area contributed by atoms with Crippen LogP contribution in [0.5, 0.6) is 5.75 Å². The molecule has 0 aliphatic heterocycles. The number of benzene rings is 2. The van der Waals surface area contributed by atoms with Gasteiger partial charge in [-0.2, -0.15) is 0 Å². The number of aromatic nitrogens is 1. The molecule has 1 heterocycles. The molecule has 3 aromatic rings. The topological polar surface area (TPSA) is 56.2 Å². The van der Waals surface area contributed by atoms with Crippen LogP contribution in [0.2, 0.25) is 0 Å². The first kappa shape index (κ1) is 11.4. The smallest absolute Gasteiger partial charge is 0.116 e. The van der Waals surface area contributed by atoms with Crippen LogP contribution in [0.1, 0.15) is 34.7 Å². The van der Waals surface area contributed by atoms with Crippen molar-refractivity contribution in [1.82, 2.24) is 4.98 Å². The van der Waals surface area contributed by atoms with Gasteiger partial charge in [0, 0.05) is 22.5 Å². The Labute approximate surface area is 121 Å². The summed E-state index contributed by atoms with van der Waals surface area (Å²) in [7, 11) is 0. The van der Waals surface area contributed by atoms with E-state index >= 15 is 0 Å². The highest BCUT2D eigenvalue weighted by Gasteiger charge is 2.54. The third kappa shape index (κ3) is 1.23. The van der Waals surface area contributed by atoms with E-state index in [1.54, 1.807) is 12.1 Å². The molecule has 21 heavy (non-hydrogen) atoms. The van der Waals surface area contributed by atoms with Gasteiger partial charge >= 0.3 is 0 Å². The van der Waals surface area contributed by atoms with Crippen LogP contribution in [0.4, 0.5) is 0 Å². The monoisotopic (exact) mass is 277 g/mol. The van der Waals surface area contributed by atoms with E-state index in [4.69, 9.17) is 0 Å². The molecule has 1 aromatic heterocycles. The van der Waals surface area contributed by atoms with Crippen LogP contribution in [0.25, 0.3) is 10.9 Å². The van der Waals surface area contributed by atoms with Crippen molar-refractivity contribution in [2.45, 2.75) is 24.4 Å². The van der Waals surface area contributed by atoms with Crippen molar-refractivity contribution in [3.05, 3.63) is 64.8 Å². The standard InChI is InChI=1S/C18H15NO2/c20-10-5-6-14-12(9-10)16-15(19-14)7-8-18(21)13-4-2-1-3-11(13)17(16)18/h1-6,9,17,19-21H,7-8H2/t17-,18+/m0/s1. The molecule has 5 rings (SSSR count). The normalized spacial score (nSPS) is 25.9. The second kappa shape index (κ2) is 3.49. The number of aromatic amines is 1. The summed E-state index contributed by atoms with van der Waals surface area (Å²) in [6.07, 6.45) is 1.59. The van der Waals surface area contributed by atoms with Gasteiger partial charge in [-0.1, -0.05) is 24.3 Å². The summed E-state index contributed by atoms with van der Waals surface area (Å²) in [5.74, 6) is 0.291. The highest BCUT2D eigenvalue weighted by molar-refractivity contribution is 5.88. The largest absolute Gasteiger partial charge is 0.508 e. The minimum Gasteiger partial charge on any atom is -0.508 e. The Kier molecular flexibility index (Phi) is 1.90. The molecule has 2 atom stereocenters. The van der Waals surface area contributed by atoms with Crippen LogP contribution in [0.15, 0.2) is 42.5 Å². The van der Waals surface area contributed by atoms with E-state index in [0.717, 1.165) is 34.9 Å². The number of rotatable bonds is 0. The van der Waals surface area contributed by atoms with Crippen LogP contribution in [-0.4, -0.2) is 15.2 Å². The van der Waals surface area contributed by atoms with Gasteiger partial charge in [-0.05, 0) is 47.7 Å². The lowest BCUT2D eigenvalue weighted by molar-refractivity contribution is -0.0213. The van der Waals surface area contributed by atoms with Crippen molar-refractivity contribution in [2.75, 3.05) is 0 Å². The number of nitrogens with one attached hydrogen (secondary N) is 1. The Morgan fingerprint density at radius 1 is 1.14 bits per heavy atom. The maximum Gasteiger partial charge on any atom is 0.116 e. The molecule has 2 aliphatic carbocycles. The third-order valence-electron chi connectivity index (χ3n) is 5.16. The molecule has 0 unspecified atom stereocenters. The second-order valence-electron chi connectivity index (χ2n) is 6.19. The average molecular weight is 277 g/mol. The second-order valence-corrected chi connectivity index (χ2v) is 6.19. The first-order chi connectivity index (χ1) is 10.2. The molecular weight excluding hydrogens is 262 g/mol. The highest BCUT2D eigenvalue weighted by atomic mass is 16.3. The van der Waals surface area contributed by atoms with Gasteiger partial charge in [-0.15, -0.1) is 0 Å². The van der Waals surface area contributed by atoms with Crippen molar-refractivity contribution in [1.29, 1.82) is 0 Å². The zero-order valence-corrected chi connectivity index (χ0v) is 11.4. The molecule has 2 aromatic carbocycles. The van der Waals surface area contributed by atoms with E-state index < -0.39 is 5.60 Å². The summed E-state index contributed by atoms with van der Waals surface area (Å²) in [5, 5.41) is 21.9. The molecule has 104 valence electrons. The molecule has 0 bridgehead atoms. The zero-order chi connectivity index (χ0) is 14.2. The van der Waals surface area contributed by atoms with Gasteiger partial charge in [0.15, 0.2) is 0 Å². The van der Waals surface area contributed by atoms with Crippen LogP contribution >= 0.6 is 0 Å². The van der Waals surface area contributed by atoms with Gasteiger partial charge in [-0.25, -0.2) is 0 Å². The van der Waals surface area contributed by atoms with Crippen molar-refractivity contribution in [3.8, 4) is 5.75 Å². The van der Waals surface area contributed by atoms with Crippen molar-refractivity contribution in [3.63, 3.8) is 0 Å². The Morgan fingerprint density at radius 2 is 2.00 bits per heavy atom. The van der Waals surface area contributed by atoms with Gasteiger partial charge < -0.3 is 15.2 Å². The van der Waals surface area contributed by atoms with Crippen LogP contribution in [0, 0.1) is 0 Å². The van der Waals surface area contributed by atoms with E-state index in [0.29, 0.717) is 0 Å². The average Bonchev–Trinajstić information content (AvgIpc) is 2.83. The Balaban J connectivity index is 1.84. The van der Waals surface area contributed by atoms with Gasteiger partial charge in [0.2, 0.25) is 0 Å². The maximum atomic E-state index is 11.1. The molecule has 3 nitrogen and oxygen atoms in total. The van der Waals surface area contributed by atoms with E-state index in [-0.39, 0.29) is 11.7 Å². The summed E-state index contributed by atoms with van der Waals surface area (Å²) in [6.45, 7) is 0. The molecular formula is C18H15NO2. The summed E-state index contributed by atoms with van der Waals surface area (Å²) >= 11 is 0. The number of H-pyrrole nitrogens is 1. The van der Waals surface area contributed by atoms with Crippen molar-refractivity contribution < 1.29 is 10.2 Å². The fraction of sp³-hybridized carbons (Fsp3) is 0.222. The molecule has 0 radical (unpaired) electrons. The Bertz CT molecular complexity index is 895. The van der Waals surface area contributed by atoms with Crippen molar-refractivity contribution >= 4 is 10.9 Å². The third-order valence-corrected chi connectivity index (χ3v) is 5.16. The lowest BCUT2D eigenvalue weighted by Crippen LogP contribution is -2.47. The first-order valence-corrected chi connectivity index (χ1v) is 7.34. The van der Waals surface area contributed by atoms with Gasteiger partial charge in [0.1, 0.15) is 11.4 Å². The molecule has 0 saturated heterocycles. The maximum absolute atomic E-state index is 11.1. The molecule has 0 spiro atoms. The van der Waals surface area contributed by atoms with Crippen LogP contribution in [0.3, 0.4) is 0 Å². The zero-order valence-electron chi connectivity index (χ0n) is 11.4. The molecule has 3 N–H and O–H groups in total. The van der Waals surface area contributed by atoms with E-state index in [2.05, 4.69) is 11.1 Å². The number of hydrogen-bond acceptors (Lipinski definition) is 2. The molecule has 0 fully saturated rings. The number of phenols is 1.